The molecule has 1 rings (SSSR count). The van der Waals surface area contributed by atoms with E-state index in [0.717, 1.165) is 18.2 Å². The summed E-state index contributed by atoms with van der Waals surface area (Å²) in [5.74, 6) is -0.591. The Morgan fingerprint density at radius 2 is 2.14 bits per heavy atom. The Balaban J connectivity index is 2.68. The van der Waals surface area contributed by atoms with Gasteiger partial charge in [0.25, 0.3) is 0 Å². The van der Waals surface area contributed by atoms with E-state index in [4.69, 9.17) is 4.74 Å². The van der Waals surface area contributed by atoms with Crippen molar-refractivity contribution in [3.8, 4) is 5.75 Å². The van der Waals surface area contributed by atoms with E-state index < -0.39 is 26.4 Å². The highest BCUT2D eigenvalue weighted by molar-refractivity contribution is 7.89. The monoisotopic (exact) mass is 316 g/mol. The molecule has 0 saturated carbocycles. The fourth-order valence-corrected chi connectivity index (χ4v) is 2.45. The van der Waals surface area contributed by atoms with Crippen LogP contribution in [0.4, 0.5) is 5.69 Å². The number of hydrogen-bond donors (Lipinski definition) is 2. The van der Waals surface area contributed by atoms with Crippen LogP contribution in [-0.2, 0) is 14.8 Å². The van der Waals surface area contributed by atoms with Crippen molar-refractivity contribution in [2.24, 2.45) is 0 Å². The first-order chi connectivity index (χ1) is 9.88. The molecule has 21 heavy (non-hydrogen) atoms. The van der Waals surface area contributed by atoms with Crippen LogP contribution in [0.1, 0.15) is 6.42 Å². The first-order valence-electron chi connectivity index (χ1n) is 6.04. The Kier molecular flexibility index (Phi) is 6.28. The summed E-state index contributed by atoms with van der Waals surface area (Å²) < 4.78 is 31.2. The molecule has 0 atom stereocenters. The summed E-state index contributed by atoms with van der Waals surface area (Å²) in [6.45, 7) is 4.17. The third kappa shape index (κ3) is 5.14. The number of nitrogens with one attached hydrogen (secondary N) is 1. The first-order valence-corrected chi connectivity index (χ1v) is 7.52. The van der Waals surface area contributed by atoms with Crippen LogP contribution in [0.25, 0.3) is 0 Å². The molecule has 8 nitrogen and oxygen atoms in total. The molecule has 0 aliphatic heterocycles. The Morgan fingerprint density at radius 1 is 1.43 bits per heavy atom. The minimum absolute atomic E-state index is 0.0359. The van der Waals surface area contributed by atoms with Crippen LogP contribution in [0.15, 0.2) is 35.7 Å². The number of rotatable bonds is 9. The number of nitrogens with zero attached hydrogens (tertiary/aromatic N) is 1. The van der Waals surface area contributed by atoms with E-state index in [2.05, 4.69) is 11.3 Å². The maximum absolute atomic E-state index is 11.9. The topological polar surface area (TPSA) is 119 Å². The molecule has 1 aromatic rings. The number of hydrogen-bond acceptors (Lipinski definition) is 6. The molecule has 1 aromatic carbocycles. The summed E-state index contributed by atoms with van der Waals surface area (Å²) in [6.07, 6.45) is 2.34. The van der Waals surface area contributed by atoms with Crippen molar-refractivity contribution in [1.82, 2.24) is 4.72 Å². The Bertz CT molecular complexity index is 614. The Hall–Kier alpha value is -1.97. The van der Waals surface area contributed by atoms with Gasteiger partial charge >= 0.3 is 5.69 Å². The zero-order chi connectivity index (χ0) is 15.9. The van der Waals surface area contributed by atoms with E-state index in [1.807, 2.05) is 0 Å². The number of ether oxygens (including phenoxy) is 1. The molecule has 0 unspecified atom stereocenters. The number of benzene rings is 1. The van der Waals surface area contributed by atoms with Crippen molar-refractivity contribution >= 4 is 15.7 Å². The number of nitro groups is 1. The normalized spacial score (nSPS) is 11.2. The van der Waals surface area contributed by atoms with Crippen molar-refractivity contribution in [2.75, 3.05) is 19.8 Å². The van der Waals surface area contributed by atoms with Crippen LogP contribution in [0.2, 0.25) is 0 Å². The maximum atomic E-state index is 11.9. The van der Waals surface area contributed by atoms with Crippen LogP contribution in [-0.4, -0.2) is 38.2 Å². The van der Waals surface area contributed by atoms with E-state index in [1.54, 1.807) is 6.08 Å². The lowest BCUT2D eigenvalue weighted by Gasteiger charge is -2.07. The summed E-state index contributed by atoms with van der Waals surface area (Å²) in [7, 11) is -3.89. The molecule has 0 spiro atoms. The van der Waals surface area contributed by atoms with Crippen molar-refractivity contribution in [2.45, 2.75) is 11.3 Å². The molecule has 0 heterocycles. The van der Waals surface area contributed by atoms with Gasteiger partial charge in [0.15, 0.2) is 5.75 Å². The van der Waals surface area contributed by atoms with E-state index in [-0.39, 0.29) is 18.0 Å². The summed E-state index contributed by atoms with van der Waals surface area (Å²) in [5.41, 5.74) is -0.667. The van der Waals surface area contributed by atoms with Crippen molar-refractivity contribution in [3.05, 3.63) is 41.0 Å². The minimum atomic E-state index is -3.89. The van der Waals surface area contributed by atoms with Crippen molar-refractivity contribution < 1.29 is 23.2 Å². The summed E-state index contributed by atoms with van der Waals surface area (Å²) in [5, 5.41) is 19.9. The summed E-state index contributed by atoms with van der Waals surface area (Å²) in [6, 6.07) is 2.85. The van der Waals surface area contributed by atoms with Crippen molar-refractivity contribution in [1.29, 1.82) is 0 Å². The molecule has 0 fully saturated rings. The largest absolute Gasteiger partial charge is 0.502 e. The van der Waals surface area contributed by atoms with E-state index >= 15 is 0 Å². The molecule has 0 aromatic heterocycles. The number of aromatic hydroxyl groups is 1. The van der Waals surface area contributed by atoms with Gasteiger partial charge < -0.3 is 9.84 Å². The third-order valence-electron chi connectivity index (χ3n) is 2.46. The Labute approximate surface area is 122 Å². The molecule has 0 radical (unpaired) electrons. The van der Waals surface area contributed by atoms with Gasteiger partial charge in [-0.25, -0.2) is 13.1 Å². The van der Waals surface area contributed by atoms with Crippen molar-refractivity contribution in [3.63, 3.8) is 0 Å². The number of phenols is 1. The van der Waals surface area contributed by atoms with Crippen LogP contribution < -0.4 is 4.72 Å². The molecule has 0 amide bonds. The molecule has 2 N–H and O–H groups in total. The maximum Gasteiger partial charge on any atom is 0.312 e. The molecular weight excluding hydrogens is 300 g/mol. The molecule has 0 saturated heterocycles. The SMILES string of the molecule is C=CCCOCCNS(=O)(=O)c1ccc(O)c([N+](=O)[O-])c1. The predicted molar refractivity (Wildman–Crippen MR) is 75.6 cm³/mol. The van der Waals surface area contributed by atoms with Gasteiger partial charge in [0.2, 0.25) is 10.0 Å². The van der Waals surface area contributed by atoms with Gasteiger partial charge in [0.05, 0.1) is 23.0 Å². The second-order valence-corrected chi connectivity index (χ2v) is 5.76. The zero-order valence-electron chi connectivity index (χ0n) is 11.2. The fraction of sp³-hybridized carbons (Fsp3) is 0.333. The average Bonchev–Trinajstić information content (AvgIpc) is 2.42. The zero-order valence-corrected chi connectivity index (χ0v) is 12.0. The second kappa shape index (κ2) is 7.72. The van der Waals surface area contributed by atoms with Gasteiger partial charge in [0, 0.05) is 12.6 Å². The van der Waals surface area contributed by atoms with Gasteiger partial charge in [0.1, 0.15) is 0 Å². The van der Waals surface area contributed by atoms with Gasteiger partial charge in [-0.05, 0) is 18.6 Å². The number of phenolic OH excluding ortho intramolecular Hbond substituents is 1. The van der Waals surface area contributed by atoms with Crippen LogP contribution >= 0.6 is 0 Å². The lowest BCUT2D eigenvalue weighted by Crippen LogP contribution is -2.27. The molecule has 0 aliphatic rings. The molecule has 9 heteroatoms. The highest BCUT2D eigenvalue weighted by atomic mass is 32.2. The van der Waals surface area contributed by atoms with E-state index in [9.17, 15) is 23.6 Å². The van der Waals surface area contributed by atoms with Crippen LogP contribution in [0.5, 0.6) is 5.75 Å². The predicted octanol–water partition coefficient (Wildman–Crippen LogP) is 1.17. The van der Waals surface area contributed by atoms with E-state index in [1.165, 1.54) is 0 Å². The standard InChI is InChI=1S/C12H16N2O6S/c1-2-3-7-20-8-6-13-21(18,19)10-4-5-12(15)11(9-10)14(16)17/h2,4-5,9,13,15H,1,3,6-8H2. The lowest BCUT2D eigenvalue weighted by molar-refractivity contribution is -0.386. The average molecular weight is 316 g/mol. The fourth-order valence-electron chi connectivity index (χ4n) is 1.42. The minimum Gasteiger partial charge on any atom is -0.502 e. The third-order valence-corrected chi connectivity index (χ3v) is 3.92. The molecular formula is C12H16N2O6S. The summed E-state index contributed by atoms with van der Waals surface area (Å²) in [4.78, 5) is 9.52. The molecule has 0 bridgehead atoms. The summed E-state index contributed by atoms with van der Waals surface area (Å²) >= 11 is 0. The van der Waals surface area contributed by atoms with Gasteiger partial charge in [-0.2, -0.15) is 0 Å². The second-order valence-electron chi connectivity index (χ2n) is 4.00. The quantitative estimate of drug-likeness (QED) is 0.305. The molecule has 116 valence electrons. The van der Waals surface area contributed by atoms with Crippen LogP contribution in [0.3, 0.4) is 0 Å². The first kappa shape index (κ1) is 17.1. The smallest absolute Gasteiger partial charge is 0.312 e. The highest BCUT2D eigenvalue weighted by Crippen LogP contribution is 2.27. The number of nitro benzene ring substituents is 1. The van der Waals surface area contributed by atoms with Crippen LogP contribution in [0, 0.1) is 10.1 Å². The lowest BCUT2D eigenvalue weighted by atomic mass is 10.3. The Morgan fingerprint density at radius 3 is 2.76 bits per heavy atom. The van der Waals surface area contributed by atoms with Gasteiger partial charge in [-0.15, -0.1) is 6.58 Å². The van der Waals surface area contributed by atoms with E-state index in [0.29, 0.717) is 13.0 Å². The van der Waals surface area contributed by atoms with Gasteiger partial charge in [-0.1, -0.05) is 6.08 Å². The highest BCUT2D eigenvalue weighted by Gasteiger charge is 2.20. The molecule has 0 aliphatic carbocycles. The van der Waals surface area contributed by atoms with Gasteiger partial charge in [-0.3, -0.25) is 10.1 Å². The number of sulfonamides is 1.